The summed E-state index contributed by atoms with van der Waals surface area (Å²) < 4.78 is 38.5. The number of thioether (sulfide) groups is 1. The van der Waals surface area contributed by atoms with Gasteiger partial charge in [0.05, 0.1) is 16.3 Å². The van der Waals surface area contributed by atoms with Gasteiger partial charge in [0, 0.05) is 5.69 Å². The van der Waals surface area contributed by atoms with Crippen molar-refractivity contribution in [3.8, 4) is 0 Å². The van der Waals surface area contributed by atoms with Crippen molar-refractivity contribution in [3.05, 3.63) is 66.6 Å². The molecule has 1 aromatic heterocycles. The lowest BCUT2D eigenvalue weighted by Crippen LogP contribution is -2.25. The lowest BCUT2D eigenvalue weighted by molar-refractivity contribution is -0.115. The van der Waals surface area contributed by atoms with Gasteiger partial charge in [0.2, 0.25) is 15.7 Å². The van der Waals surface area contributed by atoms with Crippen molar-refractivity contribution in [2.24, 2.45) is 0 Å². The number of anilines is 2. The molecule has 3 N–H and O–H groups in total. The number of carbonyl (C=O) groups excluding carboxylic acids is 1. The van der Waals surface area contributed by atoms with Crippen molar-refractivity contribution in [1.29, 1.82) is 0 Å². The van der Waals surface area contributed by atoms with Crippen molar-refractivity contribution in [1.82, 2.24) is 9.97 Å². The number of sulfone groups is 1. The maximum absolute atomic E-state index is 13.0. The van der Waals surface area contributed by atoms with Crippen LogP contribution in [0.3, 0.4) is 0 Å². The molecule has 0 aliphatic rings. The van der Waals surface area contributed by atoms with E-state index in [4.69, 9.17) is 5.73 Å². The van der Waals surface area contributed by atoms with Gasteiger partial charge < -0.3 is 11.1 Å². The predicted molar refractivity (Wildman–Crippen MR) is 113 cm³/mol. The van der Waals surface area contributed by atoms with E-state index in [9.17, 15) is 17.6 Å². The second kappa shape index (κ2) is 9.23. The van der Waals surface area contributed by atoms with Gasteiger partial charge in [-0.05, 0) is 42.8 Å². The van der Waals surface area contributed by atoms with Crippen molar-refractivity contribution < 1.29 is 17.6 Å². The Morgan fingerprint density at radius 2 is 1.83 bits per heavy atom. The van der Waals surface area contributed by atoms with Crippen LogP contribution in [-0.2, 0) is 14.6 Å². The summed E-state index contributed by atoms with van der Waals surface area (Å²) in [6.07, 6.45) is 1.61. The summed E-state index contributed by atoms with van der Waals surface area (Å²) in [6, 6.07) is 13.3. The first-order chi connectivity index (χ1) is 14.3. The standard InChI is InChI=1S/C20H19FN4O3S2/c1-2-16(19(26)24-14-10-8-13(21)9-11-14)29-20-23-12-17(18(22)25-20)30(27,28)15-6-4-3-5-7-15/h3-12,16H,2H2,1H3,(H,24,26)(H2,22,23,25). The fourth-order valence-electron chi connectivity index (χ4n) is 2.56. The molecule has 0 bridgehead atoms. The van der Waals surface area contributed by atoms with Gasteiger partial charge in [-0.15, -0.1) is 0 Å². The second-order valence-corrected chi connectivity index (χ2v) is 9.32. The number of halogens is 1. The van der Waals surface area contributed by atoms with Crippen LogP contribution < -0.4 is 11.1 Å². The molecule has 0 spiro atoms. The first kappa shape index (κ1) is 21.7. The van der Waals surface area contributed by atoms with Crippen LogP contribution in [0.4, 0.5) is 15.9 Å². The molecule has 7 nitrogen and oxygen atoms in total. The third-order valence-electron chi connectivity index (χ3n) is 4.13. The Labute approximate surface area is 177 Å². The molecule has 0 aliphatic heterocycles. The number of rotatable bonds is 7. The molecule has 0 saturated heterocycles. The highest BCUT2D eigenvalue weighted by Crippen LogP contribution is 2.28. The zero-order valence-corrected chi connectivity index (χ0v) is 17.6. The average Bonchev–Trinajstić information content (AvgIpc) is 2.74. The Hall–Kier alpha value is -2.98. The third-order valence-corrected chi connectivity index (χ3v) is 7.15. The van der Waals surface area contributed by atoms with Gasteiger partial charge in [-0.2, -0.15) is 0 Å². The highest BCUT2D eigenvalue weighted by molar-refractivity contribution is 8.00. The Kier molecular flexibility index (Phi) is 6.68. The highest BCUT2D eigenvalue weighted by atomic mass is 32.2. The van der Waals surface area contributed by atoms with E-state index in [0.29, 0.717) is 12.1 Å². The zero-order chi connectivity index (χ0) is 21.7. The van der Waals surface area contributed by atoms with E-state index in [2.05, 4.69) is 15.3 Å². The fourth-order valence-corrected chi connectivity index (χ4v) is 4.70. The average molecular weight is 447 g/mol. The summed E-state index contributed by atoms with van der Waals surface area (Å²) in [4.78, 5) is 20.6. The number of nitrogens with zero attached hydrogens (tertiary/aromatic N) is 2. The molecule has 0 aliphatic carbocycles. The minimum absolute atomic E-state index is 0.0887. The van der Waals surface area contributed by atoms with E-state index in [1.165, 1.54) is 36.4 Å². The number of benzene rings is 2. The molecule has 3 rings (SSSR count). The number of nitrogens with one attached hydrogen (secondary N) is 1. The number of hydrogen-bond donors (Lipinski definition) is 2. The van der Waals surface area contributed by atoms with Gasteiger partial charge in [0.15, 0.2) is 5.16 Å². The molecule has 1 atom stereocenters. The maximum atomic E-state index is 13.0. The van der Waals surface area contributed by atoms with Crippen LogP contribution in [0, 0.1) is 5.82 Å². The molecule has 2 aromatic carbocycles. The third kappa shape index (κ3) is 4.95. The van der Waals surface area contributed by atoms with Crippen molar-refractivity contribution in [2.45, 2.75) is 33.5 Å². The summed E-state index contributed by atoms with van der Waals surface area (Å²) in [6.45, 7) is 1.82. The second-order valence-electron chi connectivity index (χ2n) is 6.23. The van der Waals surface area contributed by atoms with Crippen LogP contribution in [0.15, 0.2) is 75.7 Å². The SMILES string of the molecule is CCC(Sc1ncc(S(=O)(=O)c2ccccc2)c(N)n1)C(=O)Nc1ccc(F)cc1. The summed E-state index contributed by atoms with van der Waals surface area (Å²) in [5.74, 6) is -0.897. The van der Waals surface area contributed by atoms with Crippen molar-refractivity contribution in [2.75, 3.05) is 11.1 Å². The Bertz CT molecular complexity index is 1140. The maximum Gasteiger partial charge on any atom is 0.237 e. The van der Waals surface area contributed by atoms with Crippen LogP contribution in [0.2, 0.25) is 0 Å². The molecule has 3 aromatic rings. The van der Waals surface area contributed by atoms with E-state index in [0.717, 1.165) is 18.0 Å². The van der Waals surface area contributed by atoms with Gasteiger partial charge in [-0.25, -0.2) is 22.8 Å². The van der Waals surface area contributed by atoms with Gasteiger partial charge in [0.25, 0.3) is 0 Å². The Morgan fingerprint density at radius 3 is 2.43 bits per heavy atom. The first-order valence-corrected chi connectivity index (χ1v) is 11.3. The van der Waals surface area contributed by atoms with Gasteiger partial charge in [-0.3, -0.25) is 4.79 Å². The number of aromatic nitrogens is 2. The van der Waals surface area contributed by atoms with Crippen LogP contribution in [-0.4, -0.2) is 29.5 Å². The molecule has 0 saturated carbocycles. The molecule has 0 fully saturated rings. The van der Waals surface area contributed by atoms with Crippen LogP contribution in [0.5, 0.6) is 0 Å². The fraction of sp³-hybridized carbons (Fsp3) is 0.150. The van der Waals surface area contributed by atoms with E-state index >= 15 is 0 Å². The van der Waals surface area contributed by atoms with Crippen molar-refractivity contribution >= 4 is 39.0 Å². The van der Waals surface area contributed by atoms with Gasteiger partial charge >= 0.3 is 0 Å². The van der Waals surface area contributed by atoms with Gasteiger partial charge in [0.1, 0.15) is 16.5 Å². The van der Waals surface area contributed by atoms with Crippen LogP contribution in [0.1, 0.15) is 13.3 Å². The normalized spacial score (nSPS) is 12.3. The molecule has 10 heteroatoms. The summed E-state index contributed by atoms with van der Waals surface area (Å²) in [5.41, 5.74) is 6.36. The van der Waals surface area contributed by atoms with Crippen LogP contribution >= 0.6 is 11.8 Å². The number of amides is 1. The minimum atomic E-state index is -3.85. The zero-order valence-electron chi connectivity index (χ0n) is 15.9. The van der Waals surface area contributed by atoms with E-state index < -0.39 is 20.9 Å². The van der Waals surface area contributed by atoms with Gasteiger partial charge in [-0.1, -0.05) is 36.9 Å². The van der Waals surface area contributed by atoms with Crippen LogP contribution in [0.25, 0.3) is 0 Å². The quantitative estimate of drug-likeness (QED) is 0.421. The molecule has 30 heavy (non-hydrogen) atoms. The number of nitrogen functional groups attached to an aromatic ring is 1. The lowest BCUT2D eigenvalue weighted by Gasteiger charge is -2.14. The van der Waals surface area contributed by atoms with E-state index in [1.54, 1.807) is 18.2 Å². The number of hydrogen-bond acceptors (Lipinski definition) is 7. The number of carbonyl (C=O) groups is 1. The molecule has 1 unspecified atom stereocenters. The number of nitrogens with two attached hydrogens (primary N) is 1. The monoisotopic (exact) mass is 446 g/mol. The molecular formula is C20H19FN4O3S2. The summed E-state index contributed by atoms with van der Waals surface area (Å²) in [7, 11) is -3.85. The summed E-state index contributed by atoms with van der Waals surface area (Å²) >= 11 is 1.07. The Balaban J connectivity index is 1.77. The van der Waals surface area contributed by atoms with Crippen molar-refractivity contribution in [3.63, 3.8) is 0 Å². The smallest absolute Gasteiger partial charge is 0.237 e. The lowest BCUT2D eigenvalue weighted by atomic mass is 10.2. The molecule has 1 heterocycles. The largest absolute Gasteiger partial charge is 0.382 e. The minimum Gasteiger partial charge on any atom is -0.382 e. The summed E-state index contributed by atoms with van der Waals surface area (Å²) in [5, 5.41) is 2.33. The molecule has 156 valence electrons. The Morgan fingerprint density at radius 1 is 1.17 bits per heavy atom. The highest BCUT2D eigenvalue weighted by Gasteiger charge is 2.24. The molecule has 0 radical (unpaired) electrons. The topological polar surface area (TPSA) is 115 Å². The van der Waals surface area contributed by atoms with E-state index in [-0.39, 0.29) is 26.7 Å². The first-order valence-electron chi connectivity index (χ1n) is 8.97. The van der Waals surface area contributed by atoms with E-state index in [1.807, 2.05) is 6.92 Å². The predicted octanol–water partition coefficient (Wildman–Crippen LogP) is 3.54. The molecule has 1 amide bonds. The molecular weight excluding hydrogens is 427 g/mol.